The molecule has 53 heavy (non-hydrogen) atoms. The smallest absolute Gasteiger partial charge is 0.306 e. The molecule has 3 unspecified atom stereocenters. The molecule has 0 bridgehead atoms. The van der Waals surface area contributed by atoms with Gasteiger partial charge in [-0.2, -0.15) is 11.8 Å². The second-order valence-corrected chi connectivity index (χ2v) is 14.2. The number of aliphatic carboxylic acids is 1. The number of carbonyl (C=O) groups is 2. The van der Waals surface area contributed by atoms with Crippen molar-refractivity contribution >= 4 is 23.5 Å². The lowest BCUT2D eigenvalue weighted by Crippen LogP contribution is -2.33. The molecule has 1 saturated heterocycles. The lowest BCUT2D eigenvalue weighted by atomic mass is 9.92. The van der Waals surface area contributed by atoms with E-state index in [0.29, 0.717) is 12.1 Å². The molecule has 0 amide bonds. The molecular weight excluding hydrogens is 683 g/mol. The Morgan fingerprint density at radius 3 is 2.04 bits per heavy atom. The van der Waals surface area contributed by atoms with Crippen LogP contribution in [0.1, 0.15) is 149 Å². The number of carboxylic acids is 1. The summed E-state index contributed by atoms with van der Waals surface area (Å²) in [7, 11) is 1.78. The van der Waals surface area contributed by atoms with Crippen molar-refractivity contribution in [1.82, 2.24) is 4.90 Å². The number of Topliss-reactive ketones (excluding diaryl/α,β-unsaturated/α-hetero) is 1. The van der Waals surface area contributed by atoms with Gasteiger partial charge in [-0.05, 0) is 93.2 Å². The van der Waals surface area contributed by atoms with Crippen LogP contribution in [0, 0.1) is 12.8 Å². The zero-order valence-electron chi connectivity index (χ0n) is 36.0. The second kappa shape index (κ2) is 33.1. The number of carbonyl (C=O) groups excluding carboxylic acids is 1. The molecule has 1 aliphatic heterocycles. The highest BCUT2D eigenvalue weighted by atomic mass is 32.2. The van der Waals surface area contributed by atoms with E-state index in [9.17, 15) is 9.59 Å². The standard InChI is InChI=1S/C28H37NO3.C6H12O2S.C5H12O.3C2H6/c1-20-9-7-8-12-26(20)28-15-22(13-14-27(28)21(2)30)17-29-18-25(16-23(29)19-31-3)32-24-10-5-4-6-11-24;1-5(6(7)8)3-4-9-2;1-3-4-5(2)6;3*1-2/h7-9,12-15,23-25H,4-6,10-11,16-19H2,1-3H3;5H,3-4H2,1-2H3,(H,7,8);5-6H,3-4H2,1-2H3;3*1-2H3/t23?,25-;;;;;/m0...../s1. The number of aliphatic hydroxyl groups excluding tert-OH is 1. The molecule has 0 spiro atoms. The number of ether oxygens (including phenoxy) is 2. The Balaban J connectivity index is 0. The summed E-state index contributed by atoms with van der Waals surface area (Å²) >= 11 is 1.68. The number of hydrogen-bond acceptors (Lipinski definition) is 7. The molecule has 2 aliphatic rings. The molecule has 2 aromatic carbocycles. The zero-order valence-corrected chi connectivity index (χ0v) is 36.8. The molecule has 1 saturated carbocycles. The topological polar surface area (TPSA) is 96.3 Å². The number of ketones is 1. The lowest BCUT2D eigenvalue weighted by molar-refractivity contribution is -0.141. The molecule has 2 N–H and O–H groups in total. The summed E-state index contributed by atoms with van der Waals surface area (Å²) in [5, 5.41) is 17.0. The van der Waals surface area contributed by atoms with E-state index in [2.05, 4.69) is 43.0 Å². The van der Waals surface area contributed by atoms with Crippen LogP contribution in [0.4, 0.5) is 0 Å². The minimum absolute atomic E-state index is 0.102. The molecule has 4 rings (SSSR count). The van der Waals surface area contributed by atoms with Crippen LogP contribution in [0.3, 0.4) is 0 Å². The van der Waals surface area contributed by atoms with E-state index in [1.807, 2.05) is 72.9 Å². The first-order valence-corrected chi connectivity index (χ1v) is 21.9. The van der Waals surface area contributed by atoms with Gasteiger partial charge in [-0.15, -0.1) is 0 Å². The largest absolute Gasteiger partial charge is 0.481 e. The number of rotatable bonds is 14. The third-order valence-corrected chi connectivity index (χ3v) is 9.60. The fraction of sp³-hybridized carbons (Fsp3) is 0.689. The average molecular weight is 762 g/mol. The Morgan fingerprint density at radius 1 is 0.925 bits per heavy atom. The summed E-state index contributed by atoms with van der Waals surface area (Å²) < 4.78 is 12.1. The van der Waals surface area contributed by atoms with Crippen molar-refractivity contribution in [2.75, 3.05) is 32.3 Å². The van der Waals surface area contributed by atoms with Gasteiger partial charge in [0.15, 0.2) is 5.78 Å². The Kier molecular flexibility index (Phi) is 33.1. The monoisotopic (exact) mass is 762 g/mol. The number of thioether (sulfide) groups is 1. The number of benzene rings is 2. The SMILES string of the molecule is CC.CC.CC.CCCC(C)O.COCC1C[C@H](OC2CCCCC2)CN1Cc1ccc(C(C)=O)c(-c2ccccc2C)c1.CSCCC(C)C(=O)O. The molecule has 2 fully saturated rings. The molecule has 8 heteroatoms. The molecule has 1 heterocycles. The average Bonchev–Trinajstić information content (AvgIpc) is 3.53. The lowest BCUT2D eigenvalue weighted by Gasteiger charge is -2.26. The maximum absolute atomic E-state index is 12.3. The first-order valence-electron chi connectivity index (χ1n) is 20.5. The van der Waals surface area contributed by atoms with E-state index in [4.69, 9.17) is 19.7 Å². The number of aliphatic hydroxyl groups is 1. The third kappa shape index (κ3) is 22.0. The van der Waals surface area contributed by atoms with Gasteiger partial charge >= 0.3 is 5.97 Å². The molecule has 7 nitrogen and oxygen atoms in total. The second-order valence-electron chi connectivity index (χ2n) is 13.2. The summed E-state index contributed by atoms with van der Waals surface area (Å²) in [5.74, 6) is 0.170. The fourth-order valence-corrected chi connectivity index (χ4v) is 6.82. The van der Waals surface area contributed by atoms with Crippen molar-refractivity contribution < 1.29 is 29.3 Å². The van der Waals surface area contributed by atoms with Crippen LogP contribution < -0.4 is 0 Å². The number of likely N-dealkylation sites (tertiary alicyclic amines) is 1. The van der Waals surface area contributed by atoms with Gasteiger partial charge in [0.1, 0.15) is 0 Å². The van der Waals surface area contributed by atoms with Crippen molar-refractivity contribution in [3.8, 4) is 11.1 Å². The van der Waals surface area contributed by atoms with Crippen LogP contribution in [-0.2, 0) is 20.8 Å². The number of nitrogens with zero attached hydrogens (tertiary/aromatic N) is 1. The highest BCUT2D eigenvalue weighted by Crippen LogP contribution is 2.31. The van der Waals surface area contributed by atoms with E-state index >= 15 is 0 Å². The van der Waals surface area contributed by atoms with Gasteiger partial charge in [0, 0.05) is 31.8 Å². The molecule has 306 valence electrons. The van der Waals surface area contributed by atoms with E-state index in [-0.39, 0.29) is 23.9 Å². The van der Waals surface area contributed by atoms with E-state index < -0.39 is 5.97 Å². The highest BCUT2D eigenvalue weighted by Gasteiger charge is 2.34. The normalized spacial score (nSPS) is 17.7. The van der Waals surface area contributed by atoms with Crippen LogP contribution in [0.25, 0.3) is 11.1 Å². The van der Waals surface area contributed by atoms with Crippen molar-refractivity contribution in [2.24, 2.45) is 5.92 Å². The van der Waals surface area contributed by atoms with Gasteiger partial charge in [0.25, 0.3) is 0 Å². The highest BCUT2D eigenvalue weighted by molar-refractivity contribution is 7.98. The van der Waals surface area contributed by atoms with Crippen LogP contribution in [-0.4, -0.2) is 83.5 Å². The summed E-state index contributed by atoms with van der Waals surface area (Å²) in [6, 6.07) is 15.0. The van der Waals surface area contributed by atoms with Gasteiger partial charge in [-0.3, -0.25) is 14.5 Å². The number of methoxy groups -OCH3 is 1. The molecule has 2 aromatic rings. The summed E-state index contributed by atoms with van der Waals surface area (Å²) in [5.41, 5.74) is 5.37. The van der Waals surface area contributed by atoms with E-state index in [0.717, 1.165) is 67.8 Å². The Hall–Kier alpha value is -2.23. The first kappa shape index (κ1) is 52.9. The minimum atomic E-state index is -0.691. The van der Waals surface area contributed by atoms with Gasteiger partial charge in [-0.25, -0.2) is 0 Å². The first-order chi connectivity index (χ1) is 25.5. The molecule has 1 aliphatic carbocycles. The van der Waals surface area contributed by atoms with Crippen LogP contribution in [0.2, 0.25) is 0 Å². The van der Waals surface area contributed by atoms with Gasteiger partial charge in [0.2, 0.25) is 0 Å². The Morgan fingerprint density at radius 2 is 1.55 bits per heavy atom. The molecule has 0 radical (unpaired) electrons. The fourth-order valence-electron chi connectivity index (χ4n) is 6.23. The summed E-state index contributed by atoms with van der Waals surface area (Å²) in [4.78, 5) is 25.0. The van der Waals surface area contributed by atoms with Crippen LogP contribution >= 0.6 is 11.8 Å². The summed E-state index contributed by atoms with van der Waals surface area (Å²) in [6.07, 6.45) is 12.8. The minimum Gasteiger partial charge on any atom is -0.481 e. The molecule has 0 aromatic heterocycles. The van der Waals surface area contributed by atoms with Gasteiger partial charge < -0.3 is 19.7 Å². The van der Waals surface area contributed by atoms with Crippen molar-refractivity contribution in [2.45, 2.75) is 165 Å². The van der Waals surface area contributed by atoms with Crippen molar-refractivity contribution in [3.05, 3.63) is 59.2 Å². The van der Waals surface area contributed by atoms with Crippen molar-refractivity contribution in [3.63, 3.8) is 0 Å². The van der Waals surface area contributed by atoms with E-state index in [1.165, 1.54) is 43.2 Å². The van der Waals surface area contributed by atoms with Gasteiger partial charge in [0.05, 0.1) is 30.8 Å². The number of aryl methyl sites for hydroxylation is 1. The van der Waals surface area contributed by atoms with Crippen LogP contribution in [0.15, 0.2) is 42.5 Å². The molecule has 4 atom stereocenters. The van der Waals surface area contributed by atoms with Gasteiger partial charge in [-0.1, -0.05) is 117 Å². The quantitative estimate of drug-likeness (QED) is 0.184. The third-order valence-electron chi connectivity index (χ3n) is 8.95. The Bertz CT molecular complexity index is 1200. The molecular formula is C45H79NO6S. The maximum atomic E-state index is 12.3. The summed E-state index contributed by atoms with van der Waals surface area (Å²) in [6.45, 7) is 23.9. The van der Waals surface area contributed by atoms with Crippen LogP contribution in [0.5, 0.6) is 0 Å². The predicted octanol–water partition coefficient (Wildman–Crippen LogP) is 11.5. The zero-order chi connectivity index (χ0) is 40.8. The van der Waals surface area contributed by atoms with Crippen molar-refractivity contribution in [1.29, 1.82) is 0 Å². The predicted molar refractivity (Wildman–Crippen MR) is 229 cm³/mol. The Labute approximate surface area is 330 Å². The number of hydrogen-bond donors (Lipinski definition) is 2. The maximum Gasteiger partial charge on any atom is 0.306 e. The number of carboxylic acid groups (broad SMARTS) is 1. The van der Waals surface area contributed by atoms with E-state index in [1.54, 1.807) is 32.7 Å².